The van der Waals surface area contributed by atoms with Crippen LogP contribution in [0.2, 0.25) is 0 Å². The van der Waals surface area contributed by atoms with E-state index >= 15 is 0 Å². The molecule has 5 nitrogen and oxygen atoms in total. The van der Waals surface area contributed by atoms with E-state index in [0.29, 0.717) is 13.0 Å². The van der Waals surface area contributed by atoms with Crippen LogP contribution in [0.15, 0.2) is 24.5 Å². The molecule has 2 aromatic rings. The van der Waals surface area contributed by atoms with Crippen molar-refractivity contribution in [2.24, 2.45) is 0 Å². The average Bonchev–Trinajstić information content (AvgIpc) is 2.83. The van der Waals surface area contributed by atoms with Gasteiger partial charge in [-0.3, -0.25) is 4.98 Å². The largest absolute Gasteiger partial charge is 0.453 e. The molecule has 0 amide bonds. The number of nitrogens with zero attached hydrogens (tertiary/aromatic N) is 4. The lowest BCUT2D eigenvalue weighted by Gasteiger charge is -2.24. The highest BCUT2D eigenvalue weighted by Gasteiger charge is 2.38. The highest BCUT2D eigenvalue weighted by molar-refractivity contribution is 5.32. The lowest BCUT2D eigenvalue weighted by Crippen LogP contribution is -2.24. The molecule has 100 valence electrons. The minimum absolute atomic E-state index is 0.153. The first-order valence-electron chi connectivity index (χ1n) is 5.73. The molecule has 1 aliphatic heterocycles. The second kappa shape index (κ2) is 4.22. The van der Waals surface area contributed by atoms with Crippen LogP contribution in [0.25, 0.3) is 0 Å². The van der Waals surface area contributed by atoms with Crippen molar-refractivity contribution in [3.8, 4) is 0 Å². The van der Waals surface area contributed by atoms with Crippen LogP contribution in [-0.4, -0.2) is 26.3 Å². The molecule has 0 aromatic carbocycles. The first-order chi connectivity index (χ1) is 9.05. The van der Waals surface area contributed by atoms with Crippen LogP contribution in [-0.2, 0) is 6.18 Å². The van der Waals surface area contributed by atoms with E-state index < -0.39 is 12.0 Å². The maximum atomic E-state index is 12.6. The fourth-order valence-electron chi connectivity index (χ4n) is 2.12. The van der Waals surface area contributed by atoms with E-state index in [4.69, 9.17) is 0 Å². The molecule has 1 unspecified atom stereocenters. The van der Waals surface area contributed by atoms with Crippen molar-refractivity contribution < 1.29 is 13.2 Å². The molecule has 0 fully saturated rings. The van der Waals surface area contributed by atoms with Gasteiger partial charge in [-0.15, -0.1) is 5.10 Å². The van der Waals surface area contributed by atoms with E-state index in [1.807, 2.05) is 0 Å². The van der Waals surface area contributed by atoms with Crippen molar-refractivity contribution in [3.05, 3.63) is 35.9 Å². The second-order valence-corrected chi connectivity index (χ2v) is 4.21. The highest BCUT2D eigenvalue weighted by atomic mass is 19.4. The third kappa shape index (κ3) is 2.13. The predicted octanol–water partition coefficient (Wildman–Crippen LogP) is 2.10. The standard InChI is InChI=1S/C11H10F3N5/c12-11(13,14)9-17-10-16-6-3-8(19(10)18-9)7-1-4-15-5-2-7/h1-2,4-5,8H,3,6H2,(H,16,17,18). The molecule has 2 aromatic heterocycles. The summed E-state index contributed by atoms with van der Waals surface area (Å²) in [7, 11) is 0. The zero-order valence-electron chi connectivity index (χ0n) is 9.72. The molecule has 0 aliphatic carbocycles. The van der Waals surface area contributed by atoms with Crippen LogP contribution in [0.3, 0.4) is 0 Å². The number of rotatable bonds is 1. The number of aromatic nitrogens is 4. The van der Waals surface area contributed by atoms with E-state index in [0.717, 1.165) is 5.56 Å². The fraction of sp³-hybridized carbons (Fsp3) is 0.364. The number of nitrogens with one attached hydrogen (secondary N) is 1. The quantitative estimate of drug-likeness (QED) is 0.861. The van der Waals surface area contributed by atoms with Crippen molar-refractivity contribution in [1.82, 2.24) is 19.7 Å². The van der Waals surface area contributed by atoms with Crippen LogP contribution >= 0.6 is 0 Å². The smallest absolute Gasteiger partial charge is 0.354 e. The normalized spacial score (nSPS) is 18.8. The summed E-state index contributed by atoms with van der Waals surface area (Å²) < 4.78 is 39.2. The number of anilines is 1. The van der Waals surface area contributed by atoms with Crippen LogP contribution in [0.1, 0.15) is 23.9 Å². The molecule has 0 saturated heterocycles. The Balaban J connectivity index is 2.03. The Morgan fingerprint density at radius 1 is 1.26 bits per heavy atom. The molecule has 1 N–H and O–H groups in total. The zero-order valence-corrected chi connectivity index (χ0v) is 9.72. The van der Waals surface area contributed by atoms with Crippen molar-refractivity contribution in [3.63, 3.8) is 0 Å². The van der Waals surface area contributed by atoms with Gasteiger partial charge < -0.3 is 5.32 Å². The summed E-state index contributed by atoms with van der Waals surface area (Å²) in [6.07, 6.45) is -0.663. The zero-order chi connectivity index (χ0) is 13.5. The maximum Gasteiger partial charge on any atom is 0.453 e. The molecule has 1 aliphatic rings. The van der Waals surface area contributed by atoms with Gasteiger partial charge in [0.15, 0.2) is 0 Å². The minimum Gasteiger partial charge on any atom is -0.354 e. The number of halogens is 3. The summed E-state index contributed by atoms with van der Waals surface area (Å²) in [4.78, 5) is 7.40. The van der Waals surface area contributed by atoms with E-state index in [2.05, 4.69) is 20.4 Å². The number of hydrogen-bond acceptors (Lipinski definition) is 4. The van der Waals surface area contributed by atoms with Crippen LogP contribution in [0.5, 0.6) is 0 Å². The molecule has 19 heavy (non-hydrogen) atoms. The van der Waals surface area contributed by atoms with Gasteiger partial charge in [-0.05, 0) is 24.1 Å². The van der Waals surface area contributed by atoms with Crippen molar-refractivity contribution in [1.29, 1.82) is 0 Å². The van der Waals surface area contributed by atoms with Crippen molar-refractivity contribution in [2.45, 2.75) is 18.6 Å². The third-order valence-corrected chi connectivity index (χ3v) is 2.97. The van der Waals surface area contributed by atoms with Crippen LogP contribution < -0.4 is 5.32 Å². The Bertz CT molecular complexity index is 578. The number of fused-ring (bicyclic) bond motifs is 1. The summed E-state index contributed by atoms with van der Waals surface area (Å²) in [6, 6.07) is 3.30. The summed E-state index contributed by atoms with van der Waals surface area (Å²) in [5, 5.41) is 6.41. The van der Waals surface area contributed by atoms with Crippen LogP contribution in [0, 0.1) is 0 Å². The molecular weight excluding hydrogens is 259 g/mol. The second-order valence-electron chi connectivity index (χ2n) is 4.21. The van der Waals surface area contributed by atoms with E-state index in [1.54, 1.807) is 24.5 Å². The summed E-state index contributed by atoms with van der Waals surface area (Å²) in [5.41, 5.74) is 0.872. The number of hydrogen-bond donors (Lipinski definition) is 1. The molecule has 8 heteroatoms. The number of pyridine rings is 1. The topological polar surface area (TPSA) is 55.6 Å². The Labute approximate surface area is 106 Å². The van der Waals surface area contributed by atoms with Crippen LogP contribution in [0.4, 0.5) is 19.1 Å². The molecule has 3 rings (SSSR count). The molecule has 3 heterocycles. The van der Waals surface area contributed by atoms with Gasteiger partial charge in [0.2, 0.25) is 5.95 Å². The SMILES string of the molecule is FC(F)(F)c1nc2n(n1)C(c1ccncc1)CCN2. The Morgan fingerprint density at radius 2 is 2.00 bits per heavy atom. The first kappa shape index (κ1) is 11.9. The van der Waals surface area contributed by atoms with Crippen molar-refractivity contribution in [2.75, 3.05) is 11.9 Å². The summed E-state index contributed by atoms with van der Waals surface area (Å²) >= 11 is 0. The lowest BCUT2D eigenvalue weighted by molar-refractivity contribution is -0.145. The van der Waals surface area contributed by atoms with Gasteiger partial charge in [-0.1, -0.05) is 0 Å². The predicted molar refractivity (Wildman–Crippen MR) is 60.5 cm³/mol. The van der Waals surface area contributed by atoms with Gasteiger partial charge in [0.05, 0.1) is 6.04 Å². The molecule has 0 radical (unpaired) electrons. The van der Waals surface area contributed by atoms with Crippen molar-refractivity contribution >= 4 is 5.95 Å². The molecule has 0 spiro atoms. The van der Waals surface area contributed by atoms with Gasteiger partial charge >= 0.3 is 6.18 Å². The monoisotopic (exact) mass is 269 g/mol. The summed E-state index contributed by atoms with van der Waals surface area (Å²) in [5.74, 6) is -0.962. The molecule has 0 saturated carbocycles. The average molecular weight is 269 g/mol. The first-order valence-corrected chi connectivity index (χ1v) is 5.73. The highest BCUT2D eigenvalue weighted by Crippen LogP contribution is 2.32. The van der Waals surface area contributed by atoms with Gasteiger partial charge in [0.1, 0.15) is 0 Å². The minimum atomic E-state index is -4.53. The lowest BCUT2D eigenvalue weighted by atomic mass is 10.0. The molecular formula is C11H10F3N5. The van der Waals surface area contributed by atoms with E-state index in [9.17, 15) is 13.2 Å². The van der Waals surface area contributed by atoms with Gasteiger partial charge in [0, 0.05) is 18.9 Å². The van der Waals surface area contributed by atoms with Gasteiger partial charge in [-0.2, -0.15) is 18.2 Å². The molecule has 1 atom stereocenters. The van der Waals surface area contributed by atoms with Gasteiger partial charge in [-0.25, -0.2) is 4.68 Å². The molecule has 0 bridgehead atoms. The Hall–Kier alpha value is -2.12. The van der Waals surface area contributed by atoms with Gasteiger partial charge in [0.25, 0.3) is 5.82 Å². The Kier molecular flexibility index (Phi) is 2.65. The number of alkyl halides is 3. The van der Waals surface area contributed by atoms with E-state index in [-0.39, 0.29) is 12.0 Å². The third-order valence-electron chi connectivity index (χ3n) is 2.97. The van der Waals surface area contributed by atoms with E-state index in [1.165, 1.54) is 4.68 Å². The summed E-state index contributed by atoms with van der Waals surface area (Å²) in [6.45, 7) is 0.559. The fourth-order valence-corrected chi connectivity index (χ4v) is 2.12. The Morgan fingerprint density at radius 3 is 2.68 bits per heavy atom. The maximum absolute atomic E-state index is 12.6.